The zero-order valence-electron chi connectivity index (χ0n) is 10.5. The number of pyridine rings is 1. The van der Waals surface area contributed by atoms with Gasteiger partial charge in [-0.15, -0.1) is 0 Å². The lowest BCUT2D eigenvalue weighted by Gasteiger charge is -2.38. The largest absolute Gasteiger partial charge is 0.478 e. The van der Waals surface area contributed by atoms with Crippen LogP contribution in [0.3, 0.4) is 0 Å². The second-order valence-electron chi connectivity index (χ2n) is 4.59. The molecular formula is C12H17N3O3. The Morgan fingerprint density at radius 2 is 2.33 bits per heavy atom. The highest BCUT2D eigenvalue weighted by molar-refractivity contribution is 5.94. The van der Waals surface area contributed by atoms with Crippen LogP contribution in [0.5, 0.6) is 0 Å². The summed E-state index contributed by atoms with van der Waals surface area (Å²) in [6.45, 7) is 5.12. The van der Waals surface area contributed by atoms with Crippen LogP contribution in [0.25, 0.3) is 0 Å². The maximum atomic E-state index is 11.3. The molecule has 1 aliphatic heterocycles. The highest BCUT2D eigenvalue weighted by atomic mass is 16.5. The number of carbonyl (C=O) groups is 1. The zero-order chi connectivity index (χ0) is 13.3. The maximum absolute atomic E-state index is 11.3. The van der Waals surface area contributed by atoms with Crippen molar-refractivity contribution in [1.82, 2.24) is 4.98 Å². The molecule has 2 atom stereocenters. The normalized spacial score (nSPS) is 24.0. The SMILES string of the molecule is CC1CN(c2ncc(N)cc2C(=O)O)C(C)CO1. The Balaban J connectivity index is 2.40. The highest BCUT2D eigenvalue weighted by Gasteiger charge is 2.28. The van der Waals surface area contributed by atoms with Gasteiger partial charge in [0.1, 0.15) is 11.4 Å². The number of anilines is 2. The third-order valence-corrected chi connectivity index (χ3v) is 3.00. The number of nitrogen functional groups attached to an aromatic ring is 1. The molecule has 2 heterocycles. The van der Waals surface area contributed by atoms with E-state index in [1.54, 1.807) is 0 Å². The molecule has 1 fully saturated rings. The summed E-state index contributed by atoms with van der Waals surface area (Å²) in [6, 6.07) is 1.53. The predicted octanol–water partition coefficient (Wildman–Crippen LogP) is 0.976. The number of carboxylic acid groups (broad SMARTS) is 1. The summed E-state index contributed by atoms with van der Waals surface area (Å²) < 4.78 is 5.52. The third-order valence-electron chi connectivity index (χ3n) is 3.00. The van der Waals surface area contributed by atoms with E-state index in [1.807, 2.05) is 18.7 Å². The molecule has 6 nitrogen and oxygen atoms in total. The van der Waals surface area contributed by atoms with Crippen LogP contribution in [0.4, 0.5) is 11.5 Å². The van der Waals surface area contributed by atoms with Crippen LogP contribution in [-0.4, -0.2) is 41.4 Å². The second-order valence-corrected chi connectivity index (χ2v) is 4.59. The Morgan fingerprint density at radius 3 is 3.00 bits per heavy atom. The van der Waals surface area contributed by atoms with Gasteiger partial charge in [0.15, 0.2) is 0 Å². The number of morpholine rings is 1. The van der Waals surface area contributed by atoms with Gasteiger partial charge >= 0.3 is 5.97 Å². The monoisotopic (exact) mass is 251 g/mol. The van der Waals surface area contributed by atoms with Crippen molar-refractivity contribution < 1.29 is 14.6 Å². The van der Waals surface area contributed by atoms with Gasteiger partial charge in [0.25, 0.3) is 0 Å². The molecule has 1 aliphatic rings. The van der Waals surface area contributed by atoms with Crippen LogP contribution in [0.2, 0.25) is 0 Å². The first-order valence-corrected chi connectivity index (χ1v) is 5.86. The number of nitrogens with two attached hydrogens (primary N) is 1. The van der Waals surface area contributed by atoms with Gasteiger partial charge in [0.2, 0.25) is 0 Å². The van der Waals surface area contributed by atoms with E-state index in [-0.39, 0.29) is 17.7 Å². The first-order valence-electron chi connectivity index (χ1n) is 5.86. The second kappa shape index (κ2) is 4.81. The summed E-state index contributed by atoms with van der Waals surface area (Å²) in [7, 11) is 0. The Hall–Kier alpha value is -1.82. The molecule has 2 rings (SSSR count). The van der Waals surface area contributed by atoms with E-state index in [0.717, 1.165) is 0 Å². The fourth-order valence-corrected chi connectivity index (χ4v) is 2.06. The van der Waals surface area contributed by atoms with Crippen molar-refractivity contribution in [2.75, 3.05) is 23.8 Å². The molecule has 0 bridgehead atoms. The van der Waals surface area contributed by atoms with Crippen LogP contribution in [-0.2, 0) is 4.74 Å². The van der Waals surface area contributed by atoms with E-state index < -0.39 is 5.97 Å². The van der Waals surface area contributed by atoms with E-state index in [9.17, 15) is 9.90 Å². The van der Waals surface area contributed by atoms with Crippen LogP contribution in [0, 0.1) is 0 Å². The van der Waals surface area contributed by atoms with Gasteiger partial charge in [-0.1, -0.05) is 0 Å². The number of carboxylic acids is 1. The van der Waals surface area contributed by atoms with Gasteiger partial charge < -0.3 is 20.5 Å². The molecule has 0 aliphatic carbocycles. The molecule has 1 aromatic rings. The fraction of sp³-hybridized carbons (Fsp3) is 0.500. The lowest BCUT2D eigenvalue weighted by Crippen LogP contribution is -2.48. The number of ether oxygens (including phenoxy) is 1. The summed E-state index contributed by atoms with van der Waals surface area (Å²) in [5, 5.41) is 9.22. The first kappa shape index (κ1) is 12.6. The molecule has 0 amide bonds. The minimum absolute atomic E-state index is 0.0576. The zero-order valence-corrected chi connectivity index (χ0v) is 10.5. The fourth-order valence-electron chi connectivity index (χ4n) is 2.06. The predicted molar refractivity (Wildman–Crippen MR) is 67.8 cm³/mol. The van der Waals surface area contributed by atoms with Gasteiger partial charge in [-0.25, -0.2) is 9.78 Å². The lowest BCUT2D eigenvalue weighted by molar-refractivity contribution is 0.0338. The van der Waals surface area contributed by atoms with E-state index in [2.05, 4.69) is 4.98 Å². The third kappa shape index (κ3) is 2.38. The number of rotatable bonds is 2. The summed E-state index contributed by atoms with van der Waals surface area (Å²) in [6.07, 6.45) is 1.54. The van der Waals surface area contributed by atoms with Crippen molar-refractivity contribution in [3.63, 3.8) is 0 Å². The molecule has 2 unspecified atom stereocenters. The van der Waals surface area contributed by atoms with Crippen molar-refractivity contribution in [2.24, 2.45) is 0 Å². The van der Waals surface area contributed by atoms with Gasteiger partial charge in [0, 0.05) is 6.54 Å². The average Bonchev–Trinajstić information content (AvgIpc) is 2.32. The quantitative estimate of drug-likeness (QED) is 0.814. The number of hydrogen-bond donors (Lipinski definition) is 2. The number of hydrogen-bond acceptors (Lipinski definition) is 5. The van der Waals surface area contributed by atoms with Crippen molar-refractivity contribution in [3.8, 4) is 0 Å². The van der Waals surface area contributed by atoms with Crippen LogP contribution in [0.1, 0.15) is 24.2 Å². The Labute approximate surface area is 105 Å². The lowest BCUT2D eigenvalue weighted by atomic mass is 10.1. The van der Waals surface area contributed by atoms with E-state index in [4.69, 9.17) is 10.5 Å². The maximum Gasteiger partial charge on any atom is 0.339 e. The first-order chi connectivity index (χ1) is 8.49. The van der Waals surface area contributed by atoms with Crippen molar-refractivity contribution in [2.45, 2.75) is 26.0 Å². The summed E-state index contributed by atoms with van der Waals surface area (Å²) >= 11 is 0. The van der Waals surface area contributed by atoms with Crippen molar-refractivity contribution >= 4 is 17.5 Å². The minimum Gasteiger partial charge on any atom is -0.478 e. The molecule has 0 saturated carbocycles. The van der Waals surface area contributed by atoms with E-state index in [1.165, 1.54) is 12.3 Å². The molecular weight excluding hydrogens is 234 g/mol. The van der Waals surface area contributed by atoms with Crippen LogP contribution < -0.4 is 10.6 Å². The van der Waals surface area contributed by atoms with Crippen molar-refractivity contribution in [1.29, 1.82) is 0 Å². The Morgan fingerprint density at radius 1 is 1.61 bits per heavy atom. The Kier molecular flexibility index (Phi) is 3.38. The molecule has 98 valence electrons. The number of aromatic nitrogens is 1. The molecule has 0 aromatic carbocycles. The van der Waals surface area contributed by atoms with E-state index >= 15 is 0 Å². The minimum atomic E-state index is -1.02. The Bertz CT molecular complexity index is 464. The van der Waals surface area contributed by atoms with Crippen molar-refractivity contribution in [3.05, 3.63) is 17.8 Å². The van der Waals surface area contributed by atoms with Gasteiger partial charge in [-0.05, 0) is 19.9 Å². The van der Waals surface area contributed by atoms with Crippen LogP contribution >= 0.6 is 0 Å². The van der Waals surface area contributed by atoms with Gasteiger partial charge in [0.05, 0.1) is 30.6 Å². The molecule has 0 spiro atoms. The average molecular weight is 251 g/mol. The molecule has 1 saturated heterocycles. The van der Waals surface area contributed by atoms with E-state index in [0.29, 0.717) is 24.7 Å². The number of nitrogens with zero attached hydrogens (tertiary/aromatic N) is 2. The smallest absolute Gasteiger partial charge is 0.339 e. The van der Waals surface area contributed by atoms with Gasteiger partial charge in [-0.3, -0.25) is 0 Å². The summed E-state index contributed by atoms with van der Waals surface area (Å²) in [5.41, 5.74) is 6.07. The molecule has 6 heteroatoms. The number of aromatic carboxylic acids is 1. The topological polar surface area (TPSA) is 88.7 Å². The standard InChI is InChI=1S/C12H17N3O3/c1-7-6-18-8(2)5-15(7)11-10(12(16)17)3-9(13)4-14-11/h3-4,7-8H,5-6,13H2,1-2H3,(H,16,17). The summed E-state index contributed by atoms with van der Waals surface area (Å²) in [4.78, 5) is 17.4. The molecule has 3 N–H and O–H groups in total. The summed E-state index contributed by atoms with van der Waals surface area (Å²) in [5.74, 6) is -0.560. The van der Waals surface area contributed by atoms with Gasteiger partial charge in [-0.2, -0.15) is 0 Å². The molecule has 0 radical (unpaired) electrons. The highest BCUT2D eigenvalue weighted by Crippen LogP contribution is 2.25. The molecule has 1 aromatic heterocycles. The van der Waals surface area contributed by atoms with Crippen LogP contribution in [0.15, 0.2) is 12.3 Å². The molecule has 18 heavy (non-hydrogen) atoms.